The number of carbonyl (C=O) groups is 2. The summed E-state index contributed by atoms with van der Waals surface area (Å²) in [5.74, 6) is -0.935. The average Bonchev–Trinajstić information content (AvgIpc) is 2.88. The number of para-hydroxylation sites is 1. The van der Waals surface area contributed by atoms with Crippen LogP contribution >= 0.6 is 0 Å². The van der Waals surface area contributed by atoms with Crippen molar-refractivity contribution in [3.05, 3.63) is 125 Å². The van der Waals surface area contributed by atoms with E-state index in [9.17, 15) is 18.0 Å². The fourth-order valence-corrected chi connectivity index (χ4v) is 4.76. The molecule has 6 nitrogen and oxygen atoms in total. The SMILES string of the molecule is Cc1cccc(C(=O)Nc2ccccc2C(=O)OCc2ccc(S(=O)(=O)c3ccccc3)cc2)c1. The summed E-state index contributed by atoms with van der Waals surface area (Å²) in [5, 5.41) is 2.77. The van der Waals surface area contributed by atoms with E-state index in [0.717, 1.165) is 5.56 Å². The number of hydrogen-bond donors (Lipinski definition) is 1. The number of carbonyl (C=O) groups excluding carboxylic acids is 2. The third-order valence-electron chi connectivity index (χ3n) is 5.33. The summed E-state index contributed by atoms with van der Waals surface area (Å²) in [5.41, 5.74) is 2.63. The highest BCUT2D eigenvalue weighted by atomic mass is 32.2. The Hall–Kier alpha value is -4.23. The topological polar surface area (TPSA) is 89.5 Å². The molecule has 4 rings (SSSR count). The lowest BCUT2D eigenvalue weighted by Gasteiger charge is -2.12. The molecule has 35 heavy (non-hydrogen) atoms. The van der Waals surface area contributed by atoms with Crippen LogP contribution in [-0.2, 0) is 21.2 Å². The van der Waals surface area contributed by atoms with Crippen LogP contribution in [0.3, 0.4) is 0 Å². The van der Waals surface area contributed by atoms with Crippen molar-refractivity contribution < 1.29 is 22.7 Å². The van der Waals surface area contributed by atoms with Gasteiger partial charge in [0.05, 0.1) is 21.0 Å². The predicted octanol–water partition coefficient (Wildman–Crippen LogP) is 5.44. The molecule has 1 N–H and O–H groups in total. The van der Waals surface area contributed by atoms with Gasteiger partial charge in [-0.25, -0.2) is 13.2 Å². The molecule has 0 aliphatic rings. The van der Waals surface area contributed by atoms with Gasteiger partial charge in [-0.15, -0.1) is 0 Å². The molecule has 0 saturated carbocycles. The number of hydrogen-bond acceptors (Lipinski definition) is 5. The second-order valence-electron chi connectivity index (χ2n) is 7.91. The van der Waals surface area contributed by atoms with Crippen LogP contribution in [-0.4, -0.2) is 20.3 Å². The van der Waals surface area contributed by atoms with Crippen LogP contribution in [0.1, 0.15) is 31.8 Å². The van der Waals surface area contributed by atoms with Crippen LogP contribution < -0.4 is 5.32 Å². The summed E-state index contributed by atoms with van der Waals surface area (Å²) < 4.78 is 30.9. The smallest absolute Gasteiger partial charge is 0.340 e. The molecule has 0 radical (unpaired) electrons. The Bertz CT molecular complexity index is 1460. The molecule has 0 heterocycles. The van der Waals surface area contributed by atoms with E-state index in [-0.39, 0.29) is 27.9 Å². The van der Waals surface area contributed by atoms with Gasteiger partial charge < -0.3 is 10.1 Å². The van der Waals surface area contributed by atoms with Crippen LogP contribution in [0.4, 0.5) is 5.69 Å². The van der Waals surface area contributed by atoms with E-state index in [1.807, 2.05) is 13.0 Å². The van der Waals surface area contributed by atoms with Gasteiger partial charge in [-0.3, -0.25) is 4.79 Å². The van der Waals surface area contributed by atoms with Gasteiger partial charge in [-0.2, -0.15) is 0 Å². The molecular formula is C28H23NO5S. The Labute approximate surface area is 204 Å². The molecule has 176 valence electrons. The Morgan fingerprint density at radius 3 is 2.14 bits per heavy atom. The second kappa shape index (κ2) is 10.4. The minimum absolute atomic E-state index is 0.0509. The quantitative estimate of drug-likeness (QED) is 0.352. The molecule has 0 aromatic heterocycles. The van der Waals surface area contributed by atoms with Crippen LogP contribution in [0.2, 0.25) is 0 Å². The molecule has 0 aliphatic heterocycles. The third kappa shape index (κ3) is 5.65. The highest BCUT2D eigenvalue weighted by Crippen LogP contribution is 2.22. The van der Waals surface area contributed by atoms with E-state index in [1.54, 1.807) is 84.9 Å². The molecule has 7 heteroatoms. The molecule has 4 aromatic carbocycles. The van der Waals surface area contributed by atoms with Crippen LogP contribution in [0, 0.1) is 6.92 Å². The van der Waals surface area contributed by atoms with Crippen molar-refractivity contribution in [3.8, 4) is 0 Å². The first-order valence-corrected chi connectivity index (χ1v) is 12.4. The summed E-state index contributed by atoms with van der Waals surface area (Å²) >= 11 is 0. The summed E-state index contributed by atoms with van der Waals surface area (Å²) in [7, 11) is -3.62. The van der Waals surface area contributed by atoms with Gasteiger partial charge >= 0.3 is 5.97 Å². The number of amides is 1. The molecule has 0 atom stereocenters. The number of sulfone groups is 1. The zero-order valence-electron chi connectivity index (χ0n) is 19.0. The van der Waals surface area contributed by atoms with E-state index >= 15 is 0 Å². The molecule has 0 unspecified atom stereocenters. The normalized spacial score (nSPS) is 11.0. The van der Waals surface area contributed by atoms with Crippen LogP contribution in [0.5, 0.6) is 0 Å². The maximum Gasteiger partial charge on any atom is 0.340 e. The van der Waals surface area contributed by atoms with Crippen molar-refractivity contribution in [2.24, 2.45) is 0 Å². The van der Waals surface area contributed by atoms with Gasteiger partial charge in [0.15, 0.2) is 0 Å². The van der Waals surface area contributed by atoms with Crippen LogP contribution in [0.25, 0.3) is 0 Å². The van der Waals surface area contributed by atoms with E-state index in [0.29, 0.717) is 16.8 Å². The van der Waals surface area contributed by atoms with E-state index in [4.69, 9.17) is 4.74 Å². The third-order valence-corrected chi connectivity index (χ3v) is 7.12. The van der Waals surface area contributed by atoms with Gasteiger partial charge in [0.2, 0.25) is 9.84 Å². The summed E-state index contributed by atoms with van der Waals surface area (Å²) in [6, 6.07) is 28.1. The zero-order chi connectivity index (χ0) is 24.8. The fraction of sp³-hybridized carbons (Fsp3) is 0.0714. The molecule has 0 spiro atoms. The molecule has 4 aromatic rings. The largest absolute Gasteiger partial charge is 0.457 e. The van der Waals surface area contributed by atoms with Gasteiger partial charge in [-0.05, 0) is 61.0 Å². The van der Waals surface area contributed by atoms with Crippen molar-refractivity contribution in [2.75, 3.05) is 5.32 Å². The number of benzene rings is 4. The number of esters is 1. The van der Waals surface area contributed by atoms with Crippen molar-refractivity contribution in [1.82, 2.24) is 0 Å². The first-order valence-electron chi connectivity index (χ1n) is 10.9. The second-order valence-corrected chi connectivity index (χ2v) is 9.86. The maximum atomic E-state index is 12.8. The van der Waals surface area contributed by atoms with E-state index in [2.05, 4.69) is 5.32 Å². The number of anilines is 1. The molecule has 0 aliphatic carbocycles. The Morgan fingerprint density at radius 1 is 0.771 bits per heavy atom. The van der Waals surface area contributed by atoms with Crippen molar-refractivity contribution >= 4 is 27.4 Å². The Kier molecular flexibility index (Phi) is 7.08. The molecule has 0 bridgehead atoms. The van der Waals surface area contributed by atoms with E-state index in [1.165, 1.54) is 12.1 Å². The highest BCUT2D eigenvalue weighted by molar-refractivity contribution is 7.91. The lowest BCUT2D eigenvalue weighted by Crippen LogP contribution is -2.16. The predicted molar refractivity (Wildman–Crippen MR) is 133 cm³/mol. The summed E-state index contributed by atoms with van der Waals surface area (Å²) in [6.45, 7) is 1.84. The lowest BCUT2D eigenvalue weighted by atomic mass is 10.1. The minimum Gasteiger partial charge on any atom is -0.457 e. The average molecular weight is 486 g/mol. The molecule has 0 saturated heterocycles. The maximum absolute atomic E-state index is 12.8. The van der Waals surface area contributed by atoms with Gasteiger partial charge in [0.1, 0.15) is 6.61 Å². The van der Waals surface area contributed by atoms with Crippen molar-refractivity contribution in [3.63, 3.8) is 0 Å². The Balaban J connectivity index is 1.43. The summed E-state index contributed by atoms with van der Waals surface area (Å²) in [6.07, 6.45) is 0. The van der Waals surface area contributed by atoms with Gasteiger partial charge in [0, 0.05) is 5.56 Å². The highest BCUT2D eigenvalue weighted by Gasteiger charge is 2.18. The van der Waals surface area contributed by atoms with E-state index < -0.39 is 15.8 Å². The summed E-state index contributed by atoms with van der Waals surface area (Å²) in [4.78, 5) is 25.7. The fourth-order valence-electron chi connectivity index (χ4n) is 3.48. The number of nitrogens with one attached hydrogen (secondary N) is 1. The first kappa shape index (κ1) is 23.9. The molecule has 1 amide bonds. The lowest BCUT2D eigenvalue weighted by molar-refractivity contribution is 0.0474. The van der Waals surface area contributed by atoms with Gasteiger partial charge in [0.25, 0.3) is 5.91 Å². The van der Waals surface area contributed by atoms with Crippen molar-refractivity contribution in [1.29, 1.82) is 0 Å². The van der Waals surface area contributed by atoms with Crippen molar-refractivity contribution in [2.45, 2.75) is 23.3 Å². The zero-order valence-corrected chi connectivity index (χ0v) is 19.8. The van der Waals surface area contributed by atoms with Gasteiger partial charge in [-0.1, -0.05) is 60.2 Å². The first-order chi connectivity index (χ1) is 16.8. The number of ether oxygens (including phenoxy) is 1. The number of aryl methyl sites for hydroxylation is 1. The monoisotopic (exact) mass is 485 g/mol. The van der Waals surface area contributed by atoms with Crippen LogP contribution in [0.15, 0.2) is 113 Å². The Morgan fingerprint density at radius 2 is 1.43 bits per heavy atom. The number of rotatable bonds is 7. The molecule has 0 fully saturated rings. The molecular weight excluding hydrogens is 462 g/mol. The standard InChI is InChI=1S/C28H23NO5S/c1-20-8-7-9-22(18-20)27(30)29-26-13-6-5-12-25(26)28(31)34-19-21-14-16-24(17-15-21)35(32,33)23-10-3-2-4-11-23/h2-18H,19H2,1H3,(H,29,30). The minimum atomic E-state index is -3.62.